The zero-order valence-electron chi connectivity index (χ0n) is 16.2. The Hall–Kier alpha value is -2.23. The van der Waals surface area contributed by atoms with Crippen molar-refractivity contribution in [1.29, 1.82) is 0 Å². The lowest BCUT2D eigenvalue weighted by atomic mass is 10.1. The third-order valence-electron chi connectivity index (χ3n) is 4.41. The molecule has 1 aromatic heterocycles. The Morgan fingerprint density at radius 2 is 1.69 bits per heavy atom. The van der Waals surface area contributed by atoms with E-state index in [4.69, 9.17) is 4.74 Å². The van der Waals surface area contributed by atoms with Crippen molar-refractivity contribution >= 4 is 5.97 Å². The summed E-state index contributed by atoms with van der Waals surface area (Å²) in [5.41, 5.74) is 2.66. The van der Waals surface area contributed by atoms with Crippen molar-refractivity contribution in [1.82, 2.24) is 9.97 Å². The quantitative estimate of drug-likeness (QED) is 0.411. The molecule has 0 radical (unpaired) electrons. The molecule has 0 unspecified atom stereocenters. The van der Waals surface area contributed by atoms with Crippen LogP contribution in [0.3, 0.4) is 0 Å². The second-order valence-electron chi connectivity index (χ2n) is 6.81. The lowest BCUT2D eigenvalue weighted by molar-refractivity contribution is 0.0318. The fraction of sp³-hybridized carbons (Fsp3) is 0.500. The molecule has 26 heavy (non-hydrogen) atoms. The molecule has 140 valence electrons. The zero-order valence-corrected chi connectivity index (χ0v) is 16.2. The minimum Gasteiger partial charge on any atom is -0.459 e. The topological polar surface area (TPSA) is 52.1 Å². The number of esters is 1. The normalized spacial score (nSPS) is 12.0. The number of hydrogen-bond donors (Lipinski definition) is 0. The van der Waals surface area contributed by atoms with Gasteiger partial charge in [0.1, 0.15) is 0 Å². The third kappa shape index (κ3) is 6.25. The van der Waals surface area contributed by atoms with Crippen molar-refractivity contribution in [2.24, 2.45) is 0 Å². The fourth-order valence-electron chi connectivity index (χ4n) is 2.86. The molecule has 0 aliphatic rings. The first-order valence-electron chi connectivity index (χ1n) is 9.76. The van der Waals surface area contributed by atoms with E-state index in [9.17, 15) is 4.79 Å². The molecule has 0 aliphatic carbocycles. The van der Waals surface area contributed by atoms with Gasteiger partial charge in [-0.2, -0.15) is 0 Å². The predicted molar refractivity (Wildman–Crippen MR) is 105 cm³/mol. The molecule has 1 aromatic carbocycles. The van der Waals surface area contributed by atoms with Crippen LogP contribution in [0.15, 0.2) is 36.7 Å². The number of carbonyl (C=O) groups excluding carboxylic acids is 1. The highest BCUT2D eigenvalue weighted by atomic mass is 16.5. The number of aromatic nitrogens is 2. The molecular weight excluding hydrogens is 324 g/mol. The van der Waals surface area contributed by atoms with Gasteiger partial charge in [0.15, 0.2) is 5.82 Å². The Bertz CT molecular complexity index is 666. The second kappa shape index (κ2) is 10.7. The number of unbranched alkanes of at least 4 members (excludes halogenated alkanes) is 3. The summed E-state index contributed by atoms with van der Waals surface area (Å²) in [5.74, 6) is 0.273. The number of nitrogens with zero attached hydrogens (tertiary/aromatic N) is 2. The molecule has 0 saturated carbocycles. The van der Waals surface area contributed by atoms with E-state index in [1.807, 2.05) is 19.1 Å². The number of rotatable bonds is 10. The average Bonchev–Trinajstić information content (AvgIpc) is 2.66. The smallest absolute Gasteiger partial charge is 0.341 e. The van der Waals surface area contributed by atoms with Crippen LogP contribution in [0.2, 0.25) is 0 Å². The summed E-state index contributed by atoms with van der Waals surface area (Å²) in [7, 11) is 0. The molecule has 0 fully saturated rings. The first-order chi connectivity index (χ1) is 12.6. The fourth-order valence-corrected chi connectivity index (χ4v) is 2.86. The summed E-state index contributed by atoms with van der Waals surface area (Å²) in [6, 6.07) is 8.25. The van der Waals surface area contributed by atoms with Crippen LogP contribution in [0.5, 0.6) is 0 Å². The molecule has 0 N–H and O–H groups in total. The van der Waals surface area contributed by atoms with Gasteiger partial charge >= 0.3 is 5.97 Å². The maximum Gasteiger partial charge on any atom is 0.341 e. The van der Waals surface area contributed by atoms with Gasteiger partial charge in [-0.05, 0) is 31.7 Å². The predicted octanol–water partition coefficient (Wildman–Crippen LogP) is 5.61. The van der Waals surface area contributed by atoms with Crippen molar-refractivity contribution in [3.63, 3.8) is 0 Å². The van der Waals surface area contributed by atoms with Gasteiger partial charge in [0.25, 0.3) is 0 Å². The summed E-state index contributed by atoms with van der Waals surface area (Å²) >= 11 is 0. The van der Waals surface area contributed by atoms with E-state index in [-0.39, 0.29) is 12.1 Å². The van der Waals surface area contributed by atoms with Crippen molar-refractivity contribution in [3.8, 4) is 11.4 Å². The minimum absolute atomic E-state index is 0.0786. The van der Waals surface area contributed by atoms with Gasteiger partial charge in [-0.15, -0.1) is 0 Å². The molecule has 2 aromatic rings. The Balaban J connectivity index is 1.90. The molecule has 0 amide bonds. The lowest BCUT2D eigenvalue weighted by Crippen LogP contribution is -2.15. The Morgan fingerprint density at radius 1 is 1.00 bits per heavy atom. The van der Waals surface area contributed by atoms with E-state index >= 15 is 0 Å². The maximum atomic E-state index is 12.2. The molecule has 1 heterocycles. The van der Waals surface area contributed by atoms with Crippen LogP contribution >= 0.6 is 0 Å². The molecule has 4 nitrogen and oxygen atoms in total. The van der Waals surface area contributed by atoms with Crippen LogP contribution in [0.1, 0.15) is 75.2 Å². The van der Waals surface area contributed by atoms with Gasteiger partial charge in [-0.3, -0.25) is 0 Å². The van der Waals surface area contributed by atoms with E-state index in [0.29, 0.717) is 11.4 Å². The second-order valence-corrected chi connectivity index (χ2v) is 6.81. The third-order valence-corrected chi connectivity index (χ3v) is 4.41. The van der Waals surface area contributed by atoms with E-state index in [2.05, 4.69) is 35.9 Å². The molecule has 4 heteroatoms. The van der Waals surface area contributed by atoms with Crippen LogP contribution < -0.4 is 0 Å². The van der Waals surface area contributed by atoms with Gasteiger partial charge in [0.2, 0.25) is 0 Å². The van der Waals surface area contributed by atoms with Crippen LogP contribution in [0, 0.1) is 0 Å². The summed E-state index contributed by atoms with van der Waals surface area (Å²) in [4.78, 5) is 20.9. The molecule has 0 spiro atoms. The van der Waals surface area contributed by atoms with Crippen molar-refractivity contribution in [2.75, 3.05) is 0 Å². The molecular formula is C22H30N2O2. The summed E-state index contributed by atoms with van der Waals surface area (Å²) in [6.45, 7) is 6.30. The number of hydrogen-bond acceptors (Lipinski definition) is 4. The van der Waals surface area contributed by atoms with Gasteiger partial charge < -0.3 is 4.74 Å². The monoisotopic (exact) mass is 354 g/mol. The van der Waals surface area contributed by atoms with E-state index in [0.717, 1.165) is 31.2 Å². The van der Waals surface area contributed by atoms with Gasteiger partial charge in [-0.1, -0.05) is 63.8 Å². The van der Waals surface area contributed by atoms with Crippen molar-refractivity contribution in [2.45, 2.75) is 71.8 Å². The molecule has 0 saturated heterocycles. The number of benzene rings is 1. The molecule has 2 rings (SSSR count). The van der Waals surface area contributed by atoms with E-state index in [1.165, 1.54) is 24.8 Å². The first kappa shape index (κ1) is 20.1. The SMILES string of the molecule is CCCCCC[C@@H](C)OC(=O)c1cnc(-c2ccc(CCC)cc2)nc1. The lowest BCUT2D eigenvalue weighted by Gasteiger charge is -2.13. The first-order valence-corrected chi connectivity index (χ1v) is 9.76. The highest BCUT2D eigenvalue weighted by Crippen LogP contribution is 2.17. The number of carbonyl (C=O) groups is 1. The van der Waals surface area contributed by atoms with Crippen LogP contribution in [-0.4, -0.2) is 22.0 Å². The van der Waals surface area contributed by atoms with Crippen LogP contribution in [-0.2, 0) is 11.2 Å². The van der Waals surface area contributed by atoms with Gasteiger partial charge in [0, 0.05) is 18.0 Å². The van der Waals surface area contributed by atoms with Crippen molar-refractivity contribution in [3.05, 3.63) is 47.8 Å². The summed E-state index contributed by atoms with van der Waals surface area (Å²) in [6.07, 6.45) is 10.8. The van der Waals surface area contributed by atoms with E-state index < -0.39 is 0 Å². The summed E-state index contributed by atoms with van der Waals surface area (Å²) < 4.78 is 5.49. The summed E-state index contributed by atoms with van der Waals surface area (Å²) in [5, 5.41) is 0. The molecule has 1 atom stereocenters. The minimum atomic E-state index is -0.349. The Morgan fingerprint density at radius 3 is 2.31 bits per heavy atom. The van der Waals surface area contributed by atoms with E-state index in [1.54, 1.807) is 12.4 Å². The largest absolute Gasteiger partial charge is 0.459 e. The number of aryl methyl sites for hydroxylation is 1. The Kier molecular flexibility index (Phi) is 8.26. The zero-order chi connectivity index (χ0) is 18.8. The Labute approximate surface area is 157 Å². The van der Waals surface area contributed by atoms with Crippen molar-refractivity contribution < 1.29 is 9.53 Å². The average molecular weight is 354 g/mol. The van der Waals surface area contributed by atoms with Crippen LogP contribution in [0.25, 0.3) is 11.4 Å². The van der Waals surface area contributed by atoms with Gasteiger partial charge in [-0.25, -0.2) is 14.8 Å². The highest BCUT2D eigenvalue weighted by Gasteiger charge is 2.13. The molecule has 0 bridgehead atoms. The molecule has 0 aliphatic heterocycles. The standard InChI is InChI=1S/C22H30N2O2/c1-4-6-7-8-10-17(3)26-22(25)20-15-23-21(24-16-20)19-13-11-18(9-5-2)12-14-19/h11-17H,4-10H2,1-3H3/t17-/m1/s1. The maximum absolute atomic E-state index is 12.2. The number of ether oxygens (including phenoxy) is 1. The highest BCUT2D eigenvalue weighted by molar-refractivity contribution is 5.88. The van der Waals surface area contributed by atoms with Crippen LogP contribution in [0.4, 0.5) is 0 Å². The van der Waals surface area contributed by atoms with Gasteiger partial charge in [0.05, 0.1) is 11.7 Å².